The Morgan fingerprint density at radius 1 is 1.04 bits per heavy atom. The summed E-state index contributed by atoms with van der Waals surface area (Å²) in [6, 6.07) is 15.7. The molecule has 0 unspecified atom stereocenters. The molecule has 132 valence electrons. The van der Waals surface area contributed by atoms with E-state index in [2.05, 4.69) is 63.1 Å². The zero-order chi connectivity index (χ0) is 18.4. The normalized spacial score (nSPS) is 12.0. The van der Waals surface area contributed by atoms with Gasteiger partial charge < -0.3 is 5.11 Å². The predicted octanol–water partition coefficient (Wildman–Crippen LogP) is 4.83. The smallest absolute Gasteiger partial charge is 0.335 e. The maximum absolute atomic E-state index is 10.8. The monoisotopic (exact) mass is 337 g/mol. The van der Waals surface area contributed by atoms with Gasteiger partial charge >= 0.3 is 5.97 Å². The molecule has 0 aliphatic rings. The average Bonchev–Trinajstić information content (AvgIpc) is 2.55. The molecule has 0 saturated heterocycles. The summed E-state index contributed by atoms with van der Waals surface area (Å²) in [5.41, 5.74) is 4.16. The highest BCUT2D eigenvalue weighted by molar-refractivity contribution is 5.87. The number of aromatic carboxylic acids is 1. The van der Waals surface area contributed by atoms with Crippen molar-refractivity contribution in [3.63, 3.8) is 0 Å². The van der Waals surface area contributed by atoms with E-state index in [4.69, 9.17) is 5.11 Å². The molecule has 0 heterocycles. The standard InChI is InChI=1S/C22H27NO2/c1-22(2,3)20-13-9-18(10-14-20)16-23(4)15-5-6-17-7-11-19(12-8-17)21(24)25/h5-14H,15-16H2,1-4H3,(H,24,25). The summed E-state index contributed by atoms with van der Waals surface area (Å²) in [6.07, 6.45) is 4.12. The summed E-state index contributed by atoms with van der Waals surface area (Å²) >= 11 is 0. The van der Waals surface area contributed by atoms with Crippen molar-refractivity contribution in [1.29, 1.82) is 0 Å². The lowest BCUT2D eigenvalue weighted by Gasteiger charge is -2.20. The molecule has 0 aliphatic carbocycles. The number of carboxylic acids is 1. The van der Waals surface area contributed by atoms with E-state index in [0.717, 1.165) is 18.7 Å². The van der Waals surface area contributed by atoms with Crippen LogP contribution in [-0.2, 0) is 12.0 Å². The van der Waals surface area contributed by atoms with Gasteiger partial charge in [-0.1, -0.05) is 69.3 Å². The van der Waals surface area contributed by atoms with Crippen LogP contribution in [0.1, 0.15) is 47.8 Å². The Hall–Kier alpha value is -2.39. The van der Waals surface area contributed by atoms with Gasteiger partial charge in [-0.05, 0) is 41.3 Å². The topological polar surface area (TPSA) is 40.5 Å². The van der Waals surface area contributed by atoms with Gasteiger partial charge in [-0.3, -0.25) is 4.90 Å². The zero-order valence-electron chi connectivity index (χ0n) is 15.5. The minimum Gasteiger partial charge on any atom is -0.478 e. The summed E-state index contributed by atoms with van der Waals surface area (Å²) in [6.45, 7) is 8.40. The third-order valence-electron chi connectivity index (χ3n) is 4.16. The lowest BCUT2D eigenvalue weighted by atomic mass is 9.87. The molecular formula is C22H27NO2. The average molecular weight is 337 g/mol. The molecule has 0 amide bonds. The summed E-state index contributed by atoms with van der Waals surface area (Å²) in [5.74, 6) is -0.896. The molecule has 2 aromatic rings. The summed E-state index contributed by atoms with van der Waals surface area (Å²) in [4.78, 5) is 13.1. The molecule has 2 aromatic carbocycles. The highest BCUT2D eigenvalue weighted by atomic mass is 16.4. The van der Waals surface area contributed by atoms with Gasteiger partial charge in [0.15, 0.2) is 0 Å². The molecular weight excluding hydrogens is 310 g/mol. The minimum atomic E-state index is -0.896. The number of hydrogen-bond acceptors (Lipinski definition) is 2. The highest BCUT2D eigenvalue weighted by Gasteiger charge is 2.12. The highest BCUT2D eigenvalue weighted by Crippen LogP contribution is 2.22. The minimum absolute atomic E-state index is 0.184. The molecule has 0 atom stereocenters. The first-order valence-corrected chi connectivity index (χ1v) is 8.53. The van der Waals surface area contributed by atoms with Gasteiger partial charge in [-0.15, -0.1) is 0 Å². The number of nitrogens with zero attached hydrogens (tertiary/aromatic N) is 1. The van der Waals surface area contributed by atoms with Gasteiger partial charge in [0.1, 0.15) is 0 Å². The largest absolute Gasteiger partial charge is 0.478 e. The fourth-order valence-electron chi connectivity index (χ4n) is 2.59. The summed E-state index contributed by atoms with van der Waals surface area (Å²) in [7, 11) is 2.09. The second kappa shape index (κ2) is 8.13. The Kier molecular flexibility index (Phi) is 6.16. The van der Waals surface area contributed by atoms with E-state index in [-0.39, 0.29) is 5.41 Å². The first-order valence-electron chi connectivity index (χ1n) is 8.53. The summed E-state index contributed by atoms with van der Waals surface area (Å²) in [5, 5.41) is 8.90. The Bertz CT molecular complexity index is 722. The fourth-order valence-corrected chi connectivity index (χ4v) is 2.59. The van der Waals surface area contributed by atoms with Crippen LogP contribution in [0.2, 0.25) is 0 Å². The first-order chi connectivity index (χ1) is 11.8. The molecule has 1 N–H and O–H groups in total. The van der Waals surface area contributed by atoms with Crippen molar-refractivity contribution in [3.05, 3.63) is 76.9 Å². The second-order valence-electron chi connectivity index (χ2n) is 7.47. The van der Waals surface area contributed by atoms with Crippen LogP contribution in [0.25, 0.3) is 6.08 Å². The third-order valence-corrected chi connectivity index (χ3v) is 4.16. The van der Waals surface area contributed by atoms with Gasteiger partial charge in [-0.25, -0.2) is 4.79 Å². The van der Waals surface area contributed by atoms with Crippen LogP contribution in [0.5, 0.6) is 0 Å². The number of likely N-dealkylation sites (N-methyl/N-ethyl adjacent to an activating group) is 1. The molecule has 0 spiro atoms. The number of hydrogen-bond donors (Lipinski definition) is 1. The Labute approximate surface area is 150 Å². The molecule has 0 aromatic heterocycles. The molecule has 0 fully saturated rings. The Morgan fingerprint density at radius 2 is 1.64 bits per heavy atom. The van der Waals surface area contributed by atoms with E-state index in [0.29, 0.717) is 5.56 Å². The van der Waals surface area contributed by atoms with Crippen molar-refractivity contribution in [3.8, 4) is 0 Å². The van der Waals surface area contributed by atoms with Crippen LogP contribution < -0.4 is 0 Å². The lowest BCUT2D eigenvalue weighted by molar-refractivity contribution is 0.0697. The third kappa shape index (κ3) is 5.87. The van der Waals surface area contributed by atoms with Gasteiger partial charge in [0, 0.05) is 13.1 Å². The molecule has 25 heavy (non-hydrogen) atoms. The molecule has 2 rings (SSSR count). The number of benzene rings is 2. The van der Waals surface area contributed by atoms with Crippen LogP contribution >= 0.6 is 0 Å². The van der Waals surface area contributed by atoms with Crippen LogP contribution in [0, 0.1) is 0 Å². The number of carboxylic acid groups (broad SMARTS) is 1. The number of rotatable bonds is 6. The maximum Gasteiger partial charge on any atom is 0.335 e. The Balaban J connectivity index is 1.87. The molecule has 0 bridgehead atoms. The van der Waals surface area contributed by atoms with E-state index >= 15 is 0 Å². The van der Waals surface area contributed by atoms with E-state index in [1.807, 2.05) is 18.2 Å². The Morgan fingerprint density at radius 3 is 2.16 bits per heavy atom. The van der Waals surface area contributed by atoms with E-state index in [1.165, 1.54) is 11.1 Å². The van der Waals surface area contributed by atoms with Gasteiger partial charge in [-0.2, -0.15) is 0 Å². The van der Waals surface area contributed by atoms with Crippen molar-refractivity contribution in [2.75, 3.05) is 13.6 Å². The zero-order valence-corrected chi connectivity index (χ0v) is 15.5. The van der Waals surface area contributed by atoms with Crippen molar-refractivity contribution < 1.29 is 9.90 Å². The van der Waals surface area contributed by atoms with E-state index < -0.39 is 5.97 Å². The van der Waals surface area contributed by atoms with Gasteiger partial charge in [0.25, 0.3) is 0 Å². The summed E-state index contributed by atoms with van der Waals surface area (Å²) < 4.78 is 0. The van der Waals surface area contributed by atoms with E-state index in [9.17, 15) is 4.79 Å². The van der Waals surface area contributed by atoms with Crippen LogP contribution in [0.4, 0.5) is 0 Å². The predicted molar refractivity (Wildman–Crippen MR) is 104 cm³/mol. The second-order valence-corrected chi connectivity index (χ2v) is 7.47. The van der Waals surface area contributed by atoms with Crippen LogP contribution in [-0.4, -0.2) is 29.6 Å². The molecule has 0 saturated carbocycles. The number of carbonyl (C=O) groups is 1. The van der Waals surface area contributed by atoms with Crippen molar-refractivity contribution in [2.24, 2.45) is 0 Å². The maximum atomic E-state index is 10.8. The molecule has 3 nitrogen and oxygen atoms in total. The quantitative estimate of drug-likeness (QED) is 0.821. The van der Waals surface area contributed by atoms with Crippen LogP contribution in [0.3, 0.4) is 0 Å². The molecule has 0 aliphatic heterocycles. The molecule has 3 heteroatoms. The SMILES string of the molecule is CN(CC=Cc1ccc(C(=O)O)cc1)Cc1ccc(C(C)(C)C)cc1. The van der Waals surface area contributed by atoms with Gasteiger partial charge in [0.2, 0.25) is 0 Å². The van der Waals surface area contributed by atoms with Crippen LogP contribution in [0.15, 0.2) is 54.6 Å². The van der Waals surface area contributed by atoms with Crippen molar-refractivity contribution in [2.45, 2.75) is 32.7 Å². The fraction of sp³-hybridized carbons (Fsp3) is 0.318. The van der Waals surface area contributed by atoms with Crippen molar-refractivity contribution >= 4 is 12.0 Å². The van der Waals surface area contributed by atoms with Crippen molar-refractivity contribution in [1.82, 2.24) is 4.90 Å². The van der Waals surface area contributed by atoms with Gasteiger partial charge in [0.05, 0.1) is 5.56 Å². The first kappa shape index (κ1) is 18.9. The lowest BCUT2D eigenvalue weighted by Crippen LogP contribution is -2.18. The van der Waals surface area contributed by atoms with E-state index in [1.54, 1.807) is 12.1 Å². The molecule has 0 radical (unpaired) electrons.